The summed E-state index contributed by atoms with van der Waals surface area (Å²) in [6, 6.07) is 13.0. The first kappa shape index (κ1) is 17.8. The van der Waals surface area contributed by atoms with Crippen LogP contribution in [0.25, 0.3) is 10.6 Å². The molecule has 0 amide bonds. The van der Waals surface area contributed by atoms with Crippen LogP contribution in [0.5, 0.6) is 0 Å². The highest BCUT2D eigenvalue weighted by Gasteiger charge is 2.26. The molecule has 3 rings (SSSR count). The predicted molar refractivity (Wildman–Crippen MR) is 101 cm³/mol. The first-order valence-corrected chi connectivity index (χ1v) is 10.4. The Hall–Kier alpha value is -1.96. The van der Waals surface area contributed by atoms with Crippen molar-refractivity contribution in [2.75, 3.05) is 0 Å². The fourth-order valence-electron chi connectivity index (χ4n) is 2.53. The van der Waals surface area contributed by atoms with E-state index in [9.17, 15) is 8.42 Å². The summed E-state index contributed by atoms with van der Waals surface area (Å²) >= 11 is 1.48. The average molecular weight is 376 g/mol. The molecule has 0 spiro atoms. The lowest BCUT2D eigenvalue weighted by molar-refractivity contribution is 0.531. The van der Waals surface area contributed by atoms with Crippen LogP contribution >= 0.6 is 11.3 Å². The van der Waals surface area contributed by atoms with Crippen LogP contribution in [-0.2, 0) is 10.0 Å². The number of hydrogen-bond acceptors (Lipinski definition) is 4. The number of rotatable bonds is 6. The maximum atomic E-state index is 13.0. The van der Waals surface area contributed by atoms with Gasteiger partial charge in [0, 0.05) is 18.3 Å². The zero-order valence-electron chi connectivity index (χ0n) is 14.4. The van der Waals surface area contributed by atoms with Gasteiger partial charge in [0.1, 0.15) is 10.6 Å². The van der Waals surface area contributed by atoms with Crippen molar-refractivity contribution >= 4 is 21.4 Å². The lowest BCUT2D eigenvalue weighted by Crippen LogP contribution is -2.27. The SMILES string of the molecule is CC(NS(=O)(=O)c1cn(C(C)C)nc1-c1cccs1)c1ccccc1. The monoisotopic (exact) mass is 375 g/mol. The number of nitrogens with zero attached hydrogens (tertiary/aromatic N) is 2. The molecule has 1 atom stereocenters. The van der Waals surface area contributed by atoms with E-state index < -0.39 is 10.0 Å². The lowest BCUT2D eigenvalue weighted by Gasteiger charge is -2.14. The maximum absolute atomic E-state index is 13.0. The van der Waals surface area contributed by atoms with E-state index >= 15 is 0 Å². The second kappa shape index (κ2) is 7.11. The van der Waals surface area contributed by atoms with E-state index in [1.807, 2.05) is 68.6 Å². The molecule has 1 N–H and O–H groups in total. The summed E-state index contributed by atoms with van der Waals surface area (Å²) in [5.41, 5.74) is 1.41. The molecule has 0 bridgehead atoms. The fraction of sp³-hybridized carbons (Fsp3) is 0.278. The van der Waals surface area contributed by atoms with E-state index in [1.54, 1.807) is 10.9 Å². The van der Waals surface area contributed by atoms with Crippen molar-refractivity contribution in [1.29, 1.82) is 0 Å². The third kappa shape index (κ3) is 3.84. The molecule has 1 aromatic carbocycles. The van der Waals surface area contributed by atoms with Crippen molar-refractivity contribution in [1.82, 2.24) is 14.5 Å². The topological polar surface area (TPSA) is 64.0 Å². The Balaban J connectivity index is 1.99. The van der Waals surface area contributed by atoms with Crippen LogP contribution in [0.4, 0.5) is 0 Å². The van der Waals surface area contributed by atoms with Crippen molar-refractivity contribution < 1.29 is 8.42 Å². The Bertz CT molecular complexity index is 930. The standard InChI is InChI=1S/C18H21N3O2S2/c1-13(2)21-12-17(18(19-21)16-10-7-11-24-16)25(22,23)20-14(3)15-8-5-4-6-9-15/h4-14,20H,1-3H3. The van der Waals surface area contributed by atoms with Gasteiger partial charge in [-0.05, 0) is 37.8 Å². The van der Waals surface area contributed by atoms with Gasteiger partial charge >= 0.3 is 0 Å². The van der Waals surface area contributed by atoms with Crippen molar-refractivity contribution in [3.05, 3.63) is 59.6 Å². The van der Waals surface area contributed by atoms with E-state index in [0.29, 0.717) is 5.69 Å². The van der Waals surface area contributed by atoms with Gasteiger partial charge in [0.05, 0.1) is 4.88 Å². The Labute approximate surface area is 152 Å². The highest BCUT2D eigenvalue weighted by molar-refractivity contribution is 7.89. The van der Waals surface area contributed by atoms with Crippen molar-refractivity contribution in [3.63, 3.8) is 0 Å². The second-order valence-electron chi connectivity index (χ2n) is 6.15. The summed E-state index contributed by atoms with van der Waals surface area (Å²) in [4.78, 5) is 1.05. The van der Waals surface area contributed by atoms with Gasteiger partial charge in [-0.25, -0.2) is 13.1 Å². The Kier molecular flexibility index (Phi) is 5.08. The molecule has 0 saturated heterocycles. The predicted octanol–water partition coefficient (Wildman–Crippen LogP) is 4.23. The minimum Gasteiger partial charge on any atom is -0.268 e. The van der Waals surface area contributed by atoms with E-state index in [2.05, 4.69) is 9.82 Å². The summed E-state index contributed by atoms with van der Waals surface area (Å²) < 4.78 is 30.5. The molecular formula is C18H21N3O2S2. The summed E-state index contributed by atoms with van der Waals surface area (Å²) in [5.74, 6) is 0. The number of sulfonamides is 1. The van der Waals surface area contributed by atoms with Gasteiger partial charge in [-0.15, -0.1) is 11.3 Å². The van der Waals surface area contributed by atoms with Crippen molar-refractivity contribution in [2.45, 2.75) is 37.8 Å². The van der Waals surface area contributed by atoms with Crippen LogP contribution in [0.1, 0.15) is 38.4 Å². The molecule has 25 heavy (non-hydrogen) atoms. The third-order valence-electron chi connectivity index (χ3n) is 3.90. The van der Waals surface area contributed by atoms with Crippen LogP contribution in [0, 0.1) is 0 Å². The Morgan fingerprint density at radius 1 is 1.08 bits per heavy atom. The Morgan fingerprint density at radius 3 is 2.40 bits per heavy atom. The van der Waals surface area contributed by atoms with Gasteiger partial charge in [0.2, 0.25) is 10.0 Å². The molecule has 2 heterocycles. The summed E-state index contributed by atoms with van der Waals surface area (Å²) in [6.07, 6.45) is 1.61. The quantitative estimate of drug-likeness (QED) is 0.701. The van der Waals surface area contributed by atoms with Crippen LogP contribution in [0.3, 0.4) is 0 Å². The van der Waals surface area contributed by atoms with E-state index in [-0.39, 0.29) is 17.0 Å². The summed E-state index contributed by atoms with van der Waals surface area (Å²) in [5, 5.41) is 6.42. The highest BCUT2D eigenvalue weighted by atomic mass is 32.2. The van der Waals surface area contributed by atoms with Crippen LogP contribution in [0.15, 0.2) is 58.9 Å². The first-order valence-electron chi connectivity index (χ1n) is 8.09. The lowest BCUT2D eigenvalue weighted by atomic mass is 10.1. The Morgan fingerprint density at radius 2 is 1.80 bits per heavy atom. The smallest absolute Gasteiger partial charge is 0.244 e. The van der Waals surface area contributed by atoms with Crippen molar-refractivity contribution in [3.8, 4) is 10.6 Å². The van der Waals surface area contributed by atoms with Gasteiger partial charge in [-0.1, -0.05) is 36.4 Å². The zero-order valence-corrected chi connectivity index (χ0v) is 16.0. The highest BCUT2D eigenvalue weighted by Crippen LogP contribution is 2.31. The minimum absolute atomic E-state index is 0.0780. The number of benzene rings is 1. The molecule has 0 aliphatic carbocycles. The molecular weight excluding hydrogens is 354 g/mol. The first-order chi connectivity index (χ1) is 11.9. The molecule has 3 aromatic rings. The molecule has 7 heteroatoms. The molecule has 2 aromatic heterocycles. The van der Waals surface area contributed by atoms with Crippen molar-refractivity contribution in [2.24, 2.45) is 0 Å². The van der Waals surface area contributed by atoms with E-state index in [1.165, 1.54) is 11.3 Å². The van der Waals surface area contributed by atoms with Crippen LogP contribution < -0.4 is 4.72 Å². The zero-order chi connectivity index (χ0) is 18.0. The maximum Gasteiger partial charge on any atom is 0.244 e. The molecule has 0 saturated carbocycles. The van der Waals surface area contributed by atoms with Gasteiger partial charge in [-0.3, -0.25) is 4.68 Å². The van der Waals surface area contributed by atoms with Gasteiger partial charge in [0.15, 0.2) is 0 Å². The molecule has 0 radical (unpaired) electrons. The molecule has 0 fully saturated rings. The third-order valence-corrected chi connectivity index (χ3v) is 6.32. The van der Waals surface area contributed by atoms with E-state index in [0.717, 1.165) is 10.4 Å². The van der Waals surface area contributed by atoms with Gasteiger partial charge in [0.25, 0.3) is 0 Å². The average Bonchev–Trinajstić information content (AvgIpc) is 3.24. The molecule has 5 nitrogen and oxygen atoms in total. The summed E-state index contributed by atoms with van der Waals surface area (Å²) in [7, 11) is -3.70. The molecule has 132 valence electrons. The number of nitrogens with one attached hydrogen (secondary N) is 1. The molecule has 0 aliphatic rings. The second-order valence-corrected chi connectivity index (χ2v) is 8.78. The van der Waals surface area contributed by atoms with Gasteiger partial charge < -0.3 is 0 Å². The molecule has 1 unspecified atom stereocenters. The van der Waals surface area contributed by atoms with E-state index in [4.69, 9.17) is 0 Å². The normalized spacial score (nSPS) is 13.3. The number of thiophene rings is 1. The summed E-state index contributed by atoms with van der Waals surface area (Å²) in [6.45, 7) is 5.79. The largest absolute Gasteiger partial charge is 0.268 e. The van der Waals surface area contributed by atoms with Gasteiger partial charge in [-0.2, -0.15) is 5.10 Å². The van der Waals surface area contributed by atoms with Crippen LogP contribution in [-0.4, -0.2) is 18.2 Å². The van der Waals surface area contributed by atoms with Crippen LogP contribution in [0.2, 0.25) is 0 Å². The number of hydrogen-bond donors (Lipinski definition) is 1. The fourth-order valence-corrected chi connectivity index (χ4v) is 4.69. The minimum atomic E-state index is -3.70. The molecule has 0 aliphatic heterocycles. The number of aromatic nitrogens is 2.